The molecule has 0 fully saturated rings. The highest BCUT2D eigenvalue weighted by Crippen LogP contribution is 2.45. The van der Waals surface area contributed by atoms with Crippen LogP contribution in [0.1, 0.15) is 41.0 Å². The lowest BCUT2D eigenvalue weighted by Crippen LogP contribution is -2.30. The third-order valence-corrected chi connectivity index (χ3v) is 6.54. The van der Waals surface area contributed by atoms with Crippen molar-refractivity contribution in [3.05, 3.63) is 64.4 Å². The van der Waals surface area contributed by atoms with Gasteiger partial charge in [-0.15, -0.1) is 0 Å². The quantitative estimate of drug-likeness (QED) is 0.860. The van der Waals surface area contributed by atoms with Gasteiger partial charge in [-0.1, -0.05) is 18.2 Å². The number of fused-ring (bicyclic) bond motifs is 2. The van der Waals surface area contributed by atoms with Crippen LogP contribution in [0.3, 0.4) is 0 Å². The van der Waals surface area contributed by atoms with E-state index in [2.05, 4.69) is 48.2 Å². The minimum absolute atomic E-state index is 0.0331. The van der Waals surface area contributed by atoms with Gasteiger partial charge in [0.25, 0.3) is 0 Å². The van der Waals surface area contributed by atoms with Crippen molar-refractivity contribution in [3.63, 3.8) is 0 Å². The Bertz CT molecular complexity index is 1010. The molecule has 2 aromatic carbocycles. The van der Waals surface area contributed by atoms with E-state index in [-0.39, 0.29) is 11.5 Å². The van der Waals surface area contributed by atoms with Gasteiger partial charge in [0, 0.05) is 38.6 Å². The highest BCUT2D eigenvalue weighted by molar-refractivity contribution is 6.32. The van der Waals surface area contributed by atoms with Crippen molar-refractivity contribution < 1.29 is 9.90 Å². The van der Waals surface area contributed by atoms with Gasteiger partial charge in [-0.25, -0.2) is 0 Å². The molecule has 0 spiro atoms. The predicted molar refractivity (Wildman–Crippen MR) is 113 cm³/mol. The molecule has 3 aliphatic rings. The fraction of sp³-hybridized carbons (Fsp3) is 0.375. The van der Waals surface area contributed by atoms with Gasteiger partial charge in [-0.2, -0.15) is 0 Å². The number of ketones is 1. The summed E-state index contributed by atoms with van der Waals surface area (Å²) in [7, 11) is 4.21. The highest BCUT2D eigenvalue weighted by atomic mass is 16.3. The molecule has 0 radical (unpaired) electrons. The summed E-state index contributed by atoms with van der Waals surface area (Å²) in [4.78, 5) is 17.5. The van der Waals surface area contributed by atoms with E-state index in [0.29, 0.717) is 5.57 Å². The zero-order valence-corrected chi connectivity index (χ0v) is 16.5. The van der Waals surface area contributed by atoms with Crippen LogP contribution in [0.25, 0.3) is 5.57 Å². The van der Waals surface area contributed by atoms with Crippen LogP contribution in [0.15, 0.2) is 42.2 Å². The Morgan fingerprint density at radius 2 is 1.50 bits per heavy atom. The lowest BCUT2D eigenvalue weighted by Gasteiger charge is -2.32. The summed E-state index contributed by atoms with van der Waals surface area (Å²) in [6, 6.07) is 12.4. The maximum Gasteiger partial charge on any atom is 0.181 e. The number of hydrogen-bond acceptors (Lipinski definition) is 4. The molecule has 144 valence electrons. The van der Waals surface area contributed by atoms with Crippen LogP contribution >= 0.6 is 0 Å². The second kappa shape index (κ2) is 6.40. The lowest BCUT2D eigenvalue weighted by molar-refractivity contribution is -0.116. The molecule has 0 saturated heterocycles. The second-order valence-electron chi connectivity index (χ2n) is 8.34. The topological polar surface area (TPSA) is 43.8 Å². The molecule has 0 saturated carbocycles. The van der Waals surface area contributed by atoms with E-state index in [0.717, 1.165) is 49.9 Å². The number of rotatable bonds is 2. The fourth-order valence-corrected chi connectivity index (χ4v) is 4.99. The fourth-order valence-electron chi connectivity index (χ4n) is 4.99. The summed E-state index contributed by atoms with van der Waals surface area (Å²) >= 11 is 0. The van der Waals surface area contributed by atoms with Crippen molar-refractivity contribution in [1.82, 2.24) is 0 Å². The summed E-state index contributed by atoms with van der Waals surface area (Å²) in [6.45, 7) is 2.13. The van der Waals surface area contributed by atoms with Gasteiger partial charge < -0.3 is 14.9 Å². The average Bonchev–Trinajstić information content (AvgIpc) is 2.68. The molecule has 1 atom stereocenters. The summed E-state index contributed by atoms with van der Waals surface area (Å²) < 4.78 is 0. The van der Waals surface area contributed by atoms with E-state index in [1.54, 1.807) is 0 Å². The van der Waals surface area contributed by atoms with Crippen LogP contribution in [0, 0.1) is 0 Å². The smallest absolute Gasteiger partial charge is 0.181 e. The number of aliphatic hydroxyl groups is 1. The number of benzene rings is 2. The van der Waals surface area contributed by atoms with E-state index >= 15 is 0 Å². The van der Waals surface area contributed by atoms with Crippen molar-refractivity contribution in [3.8, 4) is 0 Å². The van der Waals surface area contributed by atoms with E-state index < -0.39 is 5.92 Å². The molecule has 2 heterocycles. The van der Waals surface area contributed by atoms with E-state index in [1.807, 2.05) is 12.1 Å². The minimum Gasteiger partial charge on any atom is -0.510 e. The van der Waals surface area contributed by atoms with Crippen molar-refractivity contribution in [1.29, 1.82) is 0 Å². The van der Waals surface area contributed by atoms with Gasteiger partial charge in [-0.3, -0.25) is 4.79 Å². The molecule has 1 unspecified atom stereocenters. The van der Waals surface area contributed by atoms with Crippen LogP contribution in [0.5, 0.6) is 0 Å². The lowest BCUT2D eigenvalue weighted by atomic mass is 9.74. The van der Waals surface area contributed by atoms with Gasteiger partial charge in [0.15, 0.2) is 5.78 Å². The minimum atomic E-state index is -0.508. The summed E-state index contributed by atoms with van der Waals surface area (Å²) in [5.74, 6) is -0.254. The van der Waals surface area contributed by atoms with Gasteiger partial charge in [0.05, 0.1) is 5.57 Å². The zero-order chi connectivity index (χ0) is 19.4. The normalized spacial score (nSPS) is 21.4. The average molecular weight is 374 g/mol. The SMILES string of the molecule is CN1CCCc2cc(C3=C(O)C(c4ccc5c(c4)CCCN5C)C3=O)ccc21. The van der Waals surface area contributed by atoms with E-state index in [9.17, 15) is 9.90 Å². The molecule has 4 heteroatoms. The summed E-state index contributed by atoms with van der Waals surface area (Å²) in [6.07, 6.45) is 4.31. The Balaban J connectivity index is 1.48. The Labute approximate surface area is 166 Å². The first-order chi connectivity index (χ1) is 13.5. The van der Waals surface area contributed by atoms with Crippen LogP contribution in [-0.2, 0) is 17.6 Å². The summed E-state index contributed by atoms with van der Waals surface area (Å²) in [5.41, 5.74) is 7.28. The first kappa shape index (κ1) is 17.4. The van der Waals surface area contributed by atoms with Crippen molar-refractivity contribution in [2.75, 3.05) is 37.0 Å². The molecule has 0 aromatic heterocycles. The Hall–Kier alpha value is -2.75. The highest BCUT2D eigenvalue weighted by Gasteiger charge is 2.41. The molecular formula is C24H26N2O2. The second-order valence-corrected chi connectivity index (χ2v) is 8.34. The van der Waals surface area contributed by atoms with Crippen molar-refractivity contribution in [2.24, 2.45) is 0 Å². The molecule has 2 aromatic rings. The molecule has 4 nitrogen and oxygen atoms in total. The maximum absolute atomic E-state index is 13.0. The van der Waals surface area contributed by atoms with Crippen molar-refractivity contribution in [2.45, 2.75) is 31.6 Å². The van der Waals surface area contributed by atoms with Gasteiger partial charge in [-0.05, 0) is 66.1 Å². The molecule has 1 aliphatic carbocycles. The number of allylic oxidation sites excluding steroid dienone is 2. The van der Waals surface area contributed by atoms with Crippen LogP contribution in [0.4, 0.5) is 11.4 Å². The number of carbonyl (C=O) groups excluding carboxylic acids is 1. The third-order valence-electron chi connectivity index (χ3n) is 6.54. The number of aliphatic hydroxyl groups excluding tert-OH is 1. The molecular weight excluding hydrogens is 348 g/mol. The Morgan fingerprint density at radius 3 is 2.14 bits per heavy atom. The molecule has 28 heavy (non-hydrogen) atoms. The molecule has 2 aliphatic heterocycles. The molecule has 1 N–H and O–H groups in total. The van der Waals surface area contributed by atoms with Gasteiger partial charge in [0.1, 0.15) is 11.7 Å². The monoisotopic (exact) mass is 374 g/mol. The van der Waals surface area contributed by atoms with Crippen LogP contribution in [0.2, 0.25) is 0 Å². The van der Waals surface area contributed by atoms with E-state index in [4.69, 9.17) is 0 Å². The number of nitrogens with zero attached hydrogens (tertiary/aromatic N) is 2. The molecule has 5 rings (SSSR count). The maximum atomic E-state index is 13.0. The zero-order valence-electron chi connectivity index (χ0n) is 16.5. The first-order valence-corrected chi connectivity index (χ1v) is 10.2. The largest absolute Gasteiger partial charge is 0.510 e. The number of Topliss-reactive ketones (excluding diaryl/α,β-unsaturated/α-hetero) is 1. The standard InChI is InChI=1S/C24H26N2O2/c1-25-11-3-5-15-13-17(7-9-19(15)25)21-23(27)22(24(21)28)18-8-10-20-16(14-18)6-4-12-26(20)2/h7-10,13-14,21,27H,3-6,11-12H2,1-2H3. The molecule has 0 bridgehead atoms. The van der Waals surface area contributed by atoms with Gasteiger partial charge in [0.2, 0.25) is 0 Å². The van der Waals surface area contributed by atoms with Crippen molar-refractivity contribution >= 4 is 22.7 Å². The number of carbonyl (C=O) groups is 1. The number of aryl methyl sites for hydroxylation is 2. The van der Waals surface area contributed by atoms with Crippen LogP contribution in [-0.4, -0.2) is 38.1 Å². The Kier molecular flexibility index (Phi) is 3.97. The van der Waals surface area contributed by atoms with Crippen LogP contribution < -0.4 is 9.80 Å². The Morgan fingerprint density at radius 1 is 0.893 bits per heavy atom. The first-order valence-electron chi connectivity index (χ1n) is 10.2. The third kappa shape index (κ3) is 2.55. The molecule has 0 amide bonds. The number of hydrogen-bond donors (Lipinski definition) is 1. The predicted octanol–water partition coefficient (Wildman–Crippen LogP) is 4.09. The summed E-state index contributed by atoms with van der Waals surface area (Å²) in [5, 5.41) is 10.8. The number of anilines is 2. The van der Waals surface area contributed by atoms with Gasteiger partial charge >= 0.3 is 0 Å². The van der Waals surface area contributed by atoms with E-state index in [1.165, 1.54) is 22.5 Å².